The van der Waals surface area contributed by atoms with Gasteiger partial charge in [0, 0.05) is 35.7 Å². The summed E-state index contributed by atoms with van der Waals surface area (Å²) in [7, 11) is 3.42. The predicted octanol–water partition coefficient (Wildman–Crippen LogP) is 6.09. The summed E-state index contributed by atoms with van der Waals surface area (Å²) in [4.78, 5) is 23.8. The number of methoxy groups -OCH3 is 1. The normalized spacial score (nSPS) is 15.5. The number of nitrogens with zero attached hydrogens (tertiary/aromatic N) is 5. The Labute approximate surface area is 240 Å². The smallest absolute Gasteiger partial charge is 0.335 e. The average molecular weight is 580 g/mol. The topological polar surface area (TPSA) is 94.6 Å². The van der Waals surface area contributed by atoms with E-state index in [1.54, 1.807) is 18.2 Å². The third-order valence-electron chi connectivity index (χ3n) is 7.56. The number of ether oxygens (including phenoxy) is 2. The second-order valence-corrected chi connectivity index (χ2v) is 10.7. The fraction of sp³-hybridized carbons (Fsp3) is 0.276. The number of fused-ring (bicyclic) bond motifs is 4. The zero-order valence-electron chi connectivity index (χ0n) is 22.2. The fourth-order valence-electron chi connectivity index (χ4n) is 5.31. The van der Waals surface area contributed by atoms with Crippen molar-refractivity contribution in [2.75, 3.05) is 13.7 Å². The third-order valence-corrected chi connectivity index (χ3v) is 8.14. The van der Waals surface area contributed by atoms with Gasteiger partial charge < -0.3 is 23.7 Å². The highest BCUT2D eigenvalue weighted by atomic mass is 35.5. The summed E-state index contributed by atoms with van der Waals surface area (Å²) < 4.78 is 15.8. The molecule has 0 saturated heterocycles. The van der Waals surface area contributed by atoms with Gasteiger partial charge in [-0.05, 0) is 43.3 Å². The third kappa shape index (κ3) is 4.54. The summed E-state index contributed by atoms with van der Waals surface area (Å²) in [5.41, 5.74) is 4.20. The number of aromatic nitrogens is 4. The number of para-hydroxylation sites is 1. The van der Waals surface area contributed by atoms with Crippen LogP contribution in [0, 0.1) is 0 Å². The van der Waals surface area contributed by atoms with Gasteiger partial charge in [0.1, 0.15) is 40.8 Å². The van der Waals surface area contributed by atoms with Crippen molar-refractivity contribution in [3.05, 3.63) is 81.4 Å². The van der Waals surface area contributed by atoms with Crippen molar-refractivity contribution in [1.82, 2.24) is 24.0 Å². The minimum absolute atomic E-state index is 0.0102. The summed E-state index contributed by atoms with van der Waals surface area (Å²) in [5, 5.41) is 10.7. The Morgan fingerprint density at radius 1 is 1.05 bits per heavy atom. The first-order valence-corrected chi connectivity index (χ1v) is 13.6. The van der Waals surface area contributed by atoms with Crippen LogP contribution in [0.2, 0.25) is 10.0 Å². The molecule has 1 unspecified atom stereocenters. The van der Waals surface area contributed by atoms with Crippen LogP contribution in [0.5, 0.6) is 11.5 Å². The quantitative estimate of drug-likeness (QED) is 0.249. The molecule has 206 valence electrons. The minimum atomic E-state index is -1.01. The maximum Gasteiger partial charge on any atom is 0.335 e. The highest BCUT2D eigenvalue weighted by Crippen LogP contribution is 2.35. The molecule has 1 N–H and O–H groups in total. The van der Waals surface area contributed by atoms with Gasteiger partial charge in [-0.2, -0.15) is 0 Å². The van der Waals surface area contributed by atoms with E-state index < -0.39 is 5.97 Å². The van der Waals surface area contributed by atoms with Crippen LogP contribution in [0.25, 0.3) is 22.1 Å². The zero-order valence-corrected chi connectivity index (χ0v) is 23.7. The number of carbonyl (C=O) groups is 1. The van der Waals surface area contributed by atoms with Crippen LogP contribution >= 0.6 is 23.2 Å². The van der Waals surface area contributed by atoms with Crippen molar-refractivity contribution in [3.63, 3.8) is 0 Å². The Kier molecular flexibility index (Phi) is 6.82. The predicted molar refractivity (Wildman–Crippen MR) is 154 cm³/mol. The Hall–Kier alpha value is -3.79. The molecule has 6 rings (SSSR count). The summed E-state index contributed by atoms with van der Waals surface area (Å²) in [6.07, 6.45) is 0. The summed E-state index contributed by atoms with van der Waals surface area (Å²) >= 11 is 12.4. The fourth-order valence-corrected chi connectivity index (χ4v) is 5.77. The molecule has 5 aromatic rings. The molecule has 40 heavy (non-hydrogen) atoms. The molecule has 0 saturated carbocycles. The zero-order chi connectivity index (χ0) is 28.1. The van der Waals surface area contributed by atoms with E-state index in [9.17, 15) is 9.90 Å². The second kappa shape index (κ2) is 10.3. The van der Waals surface area contributed by atoms with E-state index in [-0.39, 0.29) is 11.6 Å². The highest BCUT2D eigenvalue weighted by Gasteiger charge is 2.29. The first kappa shape index (κ1) is 26.4. The number of aromatic carboxylic acids is 1. The number of hydrogen-bond donors (Lipinski definition) is 1. The number of rotatable bonds is 7. The Morgan fingerprint density at radius 3 is 2.60 bits per heavy atom. The standard InChI is InChI=1S/C29H27Cl2N5O4/c1-16-28-33-26-21(5-4-6-23(26)40-15-17-7-8-19(30)13-20(17)31)36(28)10-9-35(16)14-25-32-27-22(34(25)2)11-18(29(37)38)12-24(27)39-3/h4-8,11-13,16H,9-10,14-15H2,1-3H3,(H,37,38). The number of carboxylic acids is 1. The van der Waals surface area contributed by atoms with Gasteiger partial charge in [0.25, 0.3) is 0 Å². The van der Waals surface area contributed by atoms with E-state index in [2.05, 4.69) is 22.5 Å². The van der Waals surface area contributed by atoms with Gasteiger partial charge in [-0.15, -0.1) is 0 Å². The van der Waals surface area contributed by atoms with Gasteiger partial charge in [0.2, 0.25) is 0 Å². The maximum absolute atomic E-state index is 11.6. The van der Waals surface area contributed by atoms with Gasteiger partial charge >= 0.3 is 5.97 Å². The SMILES string of the molecule is COc1cc(C(=O)O)cc2c1nc(CN1CCn3c(nc4c(OCc5ccc(Cl)cc5Cl)cccc43)C1C)n2C. The lowest BCUT2D eigenvalue weighted by Gasteiger charge is -2.33. The summed E-state index contributed by atoms with van der Waals surface area (Å²) in [5.74, 6) is 1.90. The van der Waals surface area contributed by atoms with Gasteiger partial charge in [-0.25, -0.2) is 14.8 Å². The van der Waals surface area contributed by atoms with Crippen molar-refractivity contribution in [2.24, 2.45) is 7.05 Å². The van der Waals surface area contributed by atoms with Crippen molar-refractivity contribution in [1.29, 1.82) is 0 Å². The van der Waals surface area contributed by atoms with E-state index >= 15 is 0 Å². The molecule has 1 aliphatic heterocycles. The van der Waals surface area contributed by atoms with E-state index in [1.807, 2.05) is 29.8 Å². The van der Waals surface area contributed by atoms with E-state index in [0.717, 1.165) is 41.3 Å². The number of benzene rings is 3. The monoisotopic (exact) mass is 579 g/mol. The molecule has 0 spiro atoms. The summed E-state index contributed by atoms with van der Waals surface area (Å²) in [6, 6.07) is 14.5. The molecular formula is C29H27Cl2N5O4. The van der Waals surface area contributed by atoms with Gasteiger partial charge in [-0.3, -0.25) is 4.90 Å². The van der Waals surface area contributed by atoms with Crippen LogP contribution in [-0.4, -0.2) is 48.7 Å². The molecule has 11 heteroatoms. The van der Waals surface area contributed by atoms with Crippen LogP contribution in [0.3, 0.4) is 0 Å². The first-order chi connectivity index (χ1) is 19.2. The van der Waals surface area contributed by atoms with Crippen LogP contribution in [0.4, 0.5) is 0 Å². The molecule has 1 atom stereocenters. The Morgan fingerprint density at radius 2 is 1.85 bits per heavy atom. The van der Waals surface area contributed by atoms with Gasteiger partial charge in [0.15, 0.2) is 0 Å². The molecule has 0 aliphatic carbocycles. The average Bonchev–Trinajstić information content (AvgIpc) is 3.47. The molecule has 1 aliphatic rings. The van der Waals surface area contributed by atoms with Crippen molar-refractivity contribution < 1.29 is 19.4 Å². The maximum atomic E-state index is 11.6. The number of carboxylic acid groups (broad SMARTS) is 1. The molecule has 0 radical (unpaired) electrons. The van der Waals surface area contributed by atoms with Gasteiger partial charge in [0.05, 0.1) is 36.3 Å². The lowest BCUT2D eigenvalue weighted by Crippen LogP contribution is -2.37. The minimum Gasteiger partial charge on any atom is -0.494 e. The van der Waals surface area contributed by atoms with Crippen molar-refractivity contribution in [2.45, 2.75) is 32.7 Å². The number of halogens is 2. The Bertz CT molecular complexity index is 1780. The van der Waals surface area contributed by atoms with Crippen LogP contribution in [-0.2, 0) is 26.7 Å². The molecule has 3 heterocycles. The first-order valence-electron chi connectivity index (χ1n) is 12.8. The molecule has 3 aromatic carbocycles. The number of imidazole rings is 2. The van der Waals surface area contributed by atoms with Crippen molar-refractivity contribution in [3.8, 4) is 11.5 Å². The van der Waals surface area contributed by atoms with Crippen LogP contribution < -0.4 is 9.47 Å². The van der Waals surface area contributed by atoms with E-state index in [4.69, 9.17) is 42.6 Å². The molecular weight excluding hydrogens is 553 g/mol. The molecule has 0 fully saturated rings. The molecule has 2 aromatic heterocycles. The second-order valence-electron chi connectivity index (χ2n) is 9.85. The lowest BCUT2D eigenvalue weighted by molar-refractivity contribution is 0.0696. The van der Waals surface area contributed by atoms with Crippen molar-refractivity contribution >= 4 is 51.2 Å². The van der Waals surface area contributed by atoms with E-state index in [1.165, 1.54) is 13.2 Å². The molecule has 0 amide bonds. The number of aryl methyl sites for hydroxylation is 1. The van der Waals surface area contributed by atoms with Crippen LogP contribution in [0.1, 0.15) is 40.5 Å². The van der Waals surface area contributed by atoms with Crippen LogP contribution in [0.15, 0.2) is 48.5 Å². The highest BCUT2D eigenvalue weighted by molar-refractivity contribution is 6.35. The summed E-state index contributed by atoms with van der Waals surface area (Å²) in [6.45, 7) is 4.57. The lowest BCUT2D eigenvalue weighted by atomic mass is 10.2. The largest absolute Gasteiger partial charge is 0.494 e. The van der Waals surface area contributed by atoms with E-state index in [0.29, 0.717) is 45.7 Å². The molecule has 0 bridgehead atoms. The van der Waals surface area contributed by atoms with Gasteiger partial charge in [-0.1, -0.05) is 35.3 Å². The Balaban J connectivity index is 1.28. The molecule has 9 nitrogen and oxygen atoms in total. The number of hydrogen-bond acceptors (Lipinski definition) is 6.